The first-order chi connectivity index (χ1) is 13.9. The molecule has 1 aliphatic carbocycles. The van der Waals surface area contributed by atoms with Crippen molar-refractivity contribution in [1.82, 2.24) is 15.1 Å². The number of nitrogens with zero attached hydrogens (tertiary/aromatic N) is 2. The monoisotopic (exact) mass is 401 g/mol. The lowest BCUT2D eigenvalue weighted by Crippen LogP contribution is -2.38. The third-order valence-corrected chi connectivity index (χ3v) is 6.11. The molecule has 2 fully saturated rings. The number of carbonyl (C=O) groups is 3. The zero-order valence-electron chi connectivity index (χ0n) is 17.5. The molecule has 2 aliphatic rings. The lowest BCUT2D eigenvalue weighted by Gasteiger charge is -2.26. The van der Waals surface area contributed by atoms with E-state index in [9.17, 15) is 14.4 Å². The minimum atomic E-state index is -0.165. The van der Waals surface area contributed by atoms with E-state index in [-0.39, 0.29) is 48.6 Å². The first-order valence-electron chi connectivity index (χ1n) is 10.3. The molecule has 0 spiro atoms. The zero-order valence-corrected chi connectivity index (χ0v) is 17.5. The van der Waals surface area contributed by atoms with Crippen LogP contribution in [0.25, 0.3) is 0 Å². The number of carbonyl (C=O) groups excluding carboxylic acids is 3. The molecule has 1 heterocycles. The summed E-state index contributed by atoms with van der Waals surface area (Å²) in [7, 11) is 5.53. The highest BCUT2D eigenvalue weighted by Crippen LogP contribution is 2.38. The third kappa shape index (κ3) is 4.61. The van der Waals surface area contributed by atoms with Crippen molar-refractivity contribution in [3.63, 3.8) is 0 Å². The molecule has 1 saturated carbocycles. The van der Waals surface area contributed by atoms with Crippen LogP contribution in [0.3, 0.4) is 0 Å². The molecular formula is C22H31N3O4. The predicted octanol–water partition coefficient (Wildman–Crippen LogP) is 1.98. The Labute approximate surface area is 172 Å². The van der Waals surface area contributed by atoms with Crippen molar-refractivity contribution in [3.8, 4) is 5.75 Å². The molecule has 3 amide bonds. The fourth-order valence-corrected chi connectivity index (χ4v) is 4.48. The van der Waals surface area contributed by atoms with Gasteiger partial charge < -0.3 is 15.0 Å². The fourth-order valence-electron chi connectivity index (χ4n) is 4.48. The van der Waals surface area contributed by atoms with Crippen molar-refractivity contribution in [2.75, 3.05) is 34.3 Å². The topological polar surface area (TPSA) is 79.0 Å². The number of hydrogen-bond acceptors (Lipinski definition) is 5. The zero-order chi connectivity index (χ0) is 21.0. The van der Waals surface area contributed by atoms with Gasteiger partial charge >= 0.3 is 0 Å². The minimum absolute atomic E-state index is 0.0481. The van der Waals surface area contributed by atoms with Crippen molar-refractivity contribution in [2.24, 2.45) is 11.8 Å². The Balaban J connectivity index is 1.55. The van der Waals surface area contributed by atoms with E-state index in [1.54, 1.807) is 7.11 Å². The van der Waals surface area contributed by atoms with E-state index < -0.39 is 0 Å². The molecule has 0 bridgehead atoms. The smallest absolute Gasteiger partial charge is 0.233 e. The second-order valence-corrected chi connectivity index (χ2v) is 8.10. The highest BCUT2D eigenvalue weighted by molar-refractivity contribution is 6.05. The molecular weight excluding hydrogens is 370 g/mol. The molecule has 0 unspecified atom stereocenters. The van der Waals surface area contributed by atoms with Gasteiger partial charge in [-0.15, -0.1) is 0 Å². The molecule has 0 aromatic heterocycles. The number of hydrogen-bond donors (Lipinski definition) is 1. The number of methoxy groups -OCH3 is 1. The van der Waals surface area contributed by atoms with Gasteiger partial charge in [0, 0.05) is 25.1 Å². The van der Waals surface area contributed by atoms with E-state index in [0.717, 1.165) is 37.0 Å². The number of para-hydroxylation sites is 1. The first kappa shape index (κ1) is 21.3. The molecule has 7 heteroatoms. The normalized spacial score (nSPS) is 22.6. The molecule has 0 radical (unpaired) electrons. The van der Waals surface area contributed by atoms with Gasteiger partial charge in [-0.1, -0.05) is 31.0 Å². The van der Waals surface area contributed by atoms with Crippen molar-refractivity contribution < 1.29 is 19.1 Å². The number of ether oxygens (including phenoxy) is 1. The lowest BCUT2D eigenvalue weighted by atomic mass is 9.81. The van der Waals surface area contributed by atoms with Crippen LogP contribution in [-0.2, 0) is 14.4 Å². The molecule has 1 aliphatic heterocycles. The maximum Gasteiger partial charge on any atom is 0.233 e. The van der Waals surface area contributed by atoms with Gasteiger partial charge in [0.25, 0.3) is 0 Å². The number of likely N-dealkylation sites (N-methyl/N-ethyl adjacent to an activating group) is 1. The first-order valence-corrected chi connectivity index (χ1v) is 10.3. The molecule has 3 atom stereocenters. The Morgan fingerprint density at radius 3 is 2.38 bits per heavy atom. The van der Waals surface area contributed by atoms with Crippen LogP contribution in [0.4, 0.5) is 0 Å². The van der Waals surface area contributed by atoms with Crippen LogP contribution in [0.5, 0.6) is 5.75 Å². The molecule has 1 aromatic rings. The largest absolute Gasteiger partial charge is 0.496 e. The van der Waals surface area contributed by atoms with Crippen LogP contribution in [0.2, 0.25) is 0 Å². The Hall–Kier alpha value is -2.41. The average molecular weight is 402 g/mol. The van der Waals surface area contributed by atoms with Crippen LogP contribution in [0.1, 0.15) is 43.7 Å². The molecule has 7 nitrogen and oxygen atoms in total. The van der Waals surface area contributed by atoms with Gasteiger partial charge in [0.05, 0.1) is 25.0 Å². The van der Waals surface area contributed by atoms with E-state index in [4.69, 9.17) is 4.74 Å². The van der Waals surface area contributed by atoms with Gasteiger partial charge in [0.15, 0.2) is 0 Å². The van der Waals surface area contributed by atoms with Crippen LogP contribution in [-0.4, -0.2) is 61.8 Å². The van der Waals surface area contributed by atoms with Crippen LogP contribution in [0.15, 0.2) is 24.3 Å². The van der Waals surface area contributed by atoms with Crippen molar-refractivity contribution >= 4 is 17.7 Å². The Bertz CT molecular complexity index is 740. The Morgan fingerprint density at radius 1 is 1.17 bits per heavy atom. The lowest BCUT2D eigenvalue weighted by molar-refractivity contribution is -0.140. The third-order valence-electron chi connectivity index (χ3n) is 6.11. The predicted molar refractivity (Wildman–Crippen MR) is 109 cm³/mol. The second kappa shape index (κ2) is 9.39. The number of amides is 3. The molecule has 29 heavy (non-hydrogen) atoms. The van der Waals surface area contributed by atoms with Crippen LogP contribution < -0.4 is 10.1 Å². The average Bonchev–Trinajstić information content (AvgIpc) is 2.97. The van der Waals surface area contributed by atoms with Gasteiger partial charge in [-0.05, 0) is 33.0 Å². The van der Waals surface area contributed by atoms with Crippen LogP contribution in [0, 0.1) is 11.8 Å². The molecule has 3 rings (SSSR count). The van der Waals surface area contributed by atoms with E-state index in [2.05, 4.69) is 5.32 Å². The van der Waals surface area contributed by atoms with Gasteiger partial charge in [-0.2, -0.15) is 0 Å². The number of rotatable bonds is 8. The fraction of sp³-hybridized carbons (Fsp3) is 0.591. The summed E-state index contributed by atoms with van der Waals surface area (Å²) in [6.45, 7) is 0.580. The van der Waals surface area contributed by atoms with E-state index in [0.29, 0.717) is 6.54 Å². The Kier molecular flexibility index (Phi) is 6.90. The number of fused-ring (bicyclic) bond motifs is 1. The maximum absolute atomic E-state index is 12.5. The minimum Gasteiger partial charge on any atom is -0.496 e. The van der Waals surface area contributed by atoms with Gasteiger partial charge in [-0.3, -0.25) is 19.3 Å². The van der Waals surface area contributed by atoms with E-state index >= 15 is 0 Å². The number of benzene rings is 1. The number of nitrogens with one attached hydrogen (secondary N) is 1. The molecule has 1 aromatic carbocycles. The van der Waals surface area contributed by atoms with Crippen molar-refractivity contribution in [1.29, 1.82) is 0 Å². The van der Waals surface area contributed by atoms with E-state index in [1.165, 1.54) is 4.90 Å². The summed E-state index contributed by atoms with van der Waals surface area (Å²) >= 11 is 0. The highest BCUT2D eigenvalue weighted by Gasteiger charge is 2.47. The second-order valence-electron chi connectivity index (χ2n) is 8.10. The highest BCUT2D eigenvalue weighted by atomic mass is 16.5. The summed E-state index contributed by atoms with van der Waals surface area (Å²) in [6, 6.07) is 7.69. The quantitative estimate of drug-likeness (QED) is 0.674. The summed E-state index contributed by atoms with van der Waals surface area (Å²) in [6.07, 6.45) is 3.72. The summed E-state index contributed by atoms with van der Waals surface area (Å²) in [5.41, 5.74) is 0.995. The maximum atomic E-state index is 12.5. The van der Waals surface area contributed by atoms with Crippen molar-refractivity contribution in [2.45, 2.75) is 38.1 Å². The summed E-state index contributed by atoms with van der Waals surface area (Å²) < 4.78 is 5.45. The Morgan fingerprint density at radius 2 is 1.79 bits per heavy atom. The number of imide groups is 1. The number of likely N-dealkylation sites (tertiary alicyclic amines) is 1. The van der Waals surface area contributed by atoms with E-state index in [1.807, 2.05) is 43.3 Å². The summed E-state index contributed by atoms with van der Waals surface area (Å²) in [4.78, 5) is 40.8. The summed E-state index contributed by atoms with van der Waals surface area (Å²) in [5, 5.41) is 2.94. The SMILES string of the molecule is COc1ccccc1[C@H](CNC(=O)CCN1C(=O)[C@H]2CCCC[C@H]2C1=O)N(C)C. The standard InChI is InChI=1S/C22H31N3O4/c1-24(2)18(17-10-6-7-11-19(17)29-3)14-23-20(26)12-13-25-21(27)15-8-4-5-9-16(15)22(25)28/h6-7,10-11,15-16,18H,4-5,8-9,12-14H2,1-3H3,(H,23,26)/t15-,16+,18-/m0/s1. The van der Waals surface area contributed by atoms with Crippen molar-refractivity contribution in [3.05, 3.63) is 29.8 Å². The van der Waals surface area contributed by atoms with Gasteiger partial charge in [0.1, 0.15) is 5.75 Å². The molecule has 1 saturated heterocycles. The van der Waals surface area contributed by atoms with Gasteiger partial charge in [0.2, 0.25) is 17.7 Å². The van der Waals surface area contributed by atoms with Crippen LogP contribution >= 0.6 is 0 Å². The van der Waals surface area contributed by atoms with Gasteiger partial charge in [-0.25, -0.2) is 0 Å². The molecule has 1 N–H and O–H groups in total. The summed E-state index contributed by atoms with van der Waals surface area (Å²) in [5.74, 6) is 0.102. The molecule has 158 valence electrons.